The number of nitrogen functional groups attached to an aromatic ring is 1. The van der Waals surface area contributed by atoms with Gasteiger partial charge in [-0.3, -0.25) is 0 Å². The third-order valence-electron chi connectivity index (χ3n) is 1.81. The number of hydrogen-bond donors (Lipinski definition) is 1. The van der Waals surface area contributed by atoms with E-state index in [0.717, 1.165) is 0 Å². The lowest BCUT2D eigenvalue weighted by Gasteiger charge is -2.07. The molecule has 8 heteroatoms. The molecule has 1 aromatic carbocycles. The summed E-state index contributed by atoms with van der Waals surface area (Å²) in [6.07, 6.45) is 0. The fraction of sp³-hybridized carbons (Fsp3) is 0.111. The lowest BCUT2D eigenvalue weighted by atomic mass is 10.3. The molecular formula is C9H6Cl3N3OS. The maximum atomic E-state index is 5.95. The van der Waals surface area contributed by atoms with Crippen LogP contribution in [0, 0.1) is 0 Å². The third-order valence-corrected chi connectivity index (χ3v) is 3.55. The summed E-state index contributed by atoms with van der Waals surface area (Å²) in [6, 6.07) is 3.08. The second-order valence-electron chi connectivity index (χ2n) is 3.02. The molecule has 4 nitrogen and oxygen atoms in total. The van der Waals surface area contributed by atoms with Crippen molar-refractivity contribution in [1.82, 2.24) is 10.2 Å². The van der Waals surface area contributed by atoms with Crippen LogP contribution in [0.5, 0.6) is 5.75 Å². The van der Waals surface area contributed by atoms with Crippen LogP contribution in [0.1, 0.15) is 5.01 Å². The quantitative estimate of drug-likeness (QED) is 0.879. The maximum Gasteiger partial charge on any atom is 0.203 e. The third kappa shape index (κ3) is 3.13. The van der Waals surface area contributed by atoms with Gasteiger partial charge in [-0.15, -0.1) is 10.2 Å². The van der Waals surface area contributed by atoms with Crippen LogP contribution in [0.25, 0.3) is 0 Å². The molecule has 0 radical (unpaired) electrons. The molecule has 2 N–H and O–H groups in total. The van der Waals surface area contributed by atoms with E-state index in [1.54, 1.807) is 6.07 Å². The maximum absolute atomic E-state index is 5.95. The predicted molar refractivity (Wildman–Crippen MR) is 70.1 cm³/mol. The summed E-state index contributed by atoms with van der Waals surface area (Å²) in [7, 11) is 0. The topological polar surface area (TPSA) is 61.0 Å². The standard InChI is InChI=1S/C9H6Cl3N3OS/c10-4-1-6(12)7(2-5(4)11)16-3-8-14-15-9(13)17-8/h1-2H,3H2,(H2,13,15). The molecule has 0 saturated heterocycles. The smallest absolute Gasteiger partial charge is 0.203 e. The number of rotatable bonds is 3. The monoisotopic (exact) mass is 309 g/mol. The normalized spacial score (nSPS) is 10.5. The van der Waals surface area contributed by atoms with Crippen LogP contribution in [0.2, 0.25) is 15.1 Å². The number of halogens is 3. The molecule has 0 aliphatic rings. The highest BCUT2D eigenvalue weighted by molar-refractivity contribution is 7.15. The van der Waals surface area contributed by atoms with Gasteiger partial charge in [-0.1, -0.05) is 46.1 Å². The van der Waals surface area contributed by atoms with Gasteiger partial charge in [0.15, 0.2) is 5.01 Å². The molecule has 0 fully saturated rings. The van der Waals surface area contributed by atoms with Gasteiger partial charge >= 0.3 is 0 Å². The van der Waals surface area contributed by atoms with Crippen molar-refractivity contribution >= 4 is 51.3 Å². The van der Waals surface area contributed by atoms with Crippen molar-refractivity contribution in [1.29, 1.82) is 0 Å². The first-order valence-electron chi connectivity index (χ1n) is 4.41. The predicted octanol–water partition coefficient (Wildman–Crippen LogP) is 3.66. The van der Waals surface area contributed by atoms with Crippen molar-refractivity contribution in [2.45, 2.75) is 6.61 Å². The van der Waals surface area contributed by atoms with Gasteiger partial charge < -0.3 is 10.5 Å². The van der Waals surface area contributed by atoms with E-state index in [0.29, 0.717) is 31.0 Å². The van der Waals surface area contributed by atoms with Crippen LogP contribution >= 0.6 is 46.1 Å². The molecule has 0 atom stereocenters. The Morgan fingerprint density at radius 2 is 1.82 bits per heavy atom. The molecule has 0 unspecified atom stereocenters. The Hall–Kier alpha value is -0.750. The van der Waals surface area contributed by atoms with Crippen molar-refractivity contribution in [2.24, 2.45) is 0 Å². The molecule has 17 heavy (non-hydrogen) atoms. The molecule has 0 saturated carbocycles. The molecule has 1 heterocycles. The highest BCUT2D eigenvalue weighted by Gasteiger charge is 2.08. The number of ether oxygens (including phenoxy) is 1. The molecule has 1 aromatic heterocycles. The summed E-state index contributed by atoms with van der Waals surface area (Å²) in [5.41, 5.74) is 5.45. The van der Waals surface area contributed by atoms with Gasteiger partial charge in [0.25, 0.3) is 0 Å². The Bertz CT molecular complexity index is 546. The summed E-state index contributed by atoms with van der Waals surface area (Å²) < 4.78 is 5.45. The Balaban J connectivity index is 2.11. The van der Waals surface area contributed by atoms with Crippen molar-refractivity contribution in [3.63, 3.8) is 0 Å². The fourth-order valence-electron chi connectivity index (χ4n) is 1.08. The molecule has 0 bridgehead atoms. The van der Waals surface area contributed by atoms with Gasteiger partial charge in [0, 0.05) is 6.07 Å². The van der Waals surface area contributed by atoms with Crippen molar-refractivity contribution in [3.8, 4) is 5.75 Å². The average Bonchev–Trinajstić information content (AvgIpc) is 2.68. The van der Waals surface area contributed by atoms with Crippen molar-refractivity contribution in [3.05, 3.63) is 32.2 Å². The number of anilines is 1. The summed E-state index contributed by atoms with van der Waals surface area (Å²) in [5.74, 6) is 0.440. The summed E-state index contributed by atoms with van der Waals surface area (Å²) in [6.45, 7) is 0.229. The molecule has 0 amide bonds. The zero-order valence-electron chi connectivity index (χ0n) is 8.28. The van der Waals surface area contributed by atoms with Gasteiger partial charge in [0.05, 0.1) is 15.1 Å². The fourth-order valence-corrected chi connectivity index (χ4v) is 2.19. The zero-order chi connectivity index (χ0) is 12.4. The molecule has 0 aliphatic carbocycles. The van der Waals surface area contributed by atoms with E-state index in [4.69, 9.17) is 45.3 Å². The van der Waals surface area contributed by atoms with E-state index in [9.17, 15) is 0 Å². The van der Waals surface area contributed by atoms with Gasteiger partial charge in [-0.2, -0.15) is 0 Å². The van der Waals surface area contributed by atoms with Crippen LogP contribution in [-0.4, -0.2) is 10.2 Å². The number of benzene rings is 1. The molecule has 2 rings (SSSR count). The lowest BCUT2D eigenvalue weighted by molar-refractivity contribution is 0.305. The summed E-state index contributed by atoms with van der Waals surface area (Å²) in [4.78, 5) is 0. The Kier molecular flexibility index (Phi) is 3.93. The van der Waals surface area contributed by atoms with Crippen LogP contribution in [0.4, 0.5) is 5.13 Å². The molecule has 90 valence electrons. The van der Waals surface area contributed by atoms with Gasteiger partial charge in [0.1, 0.15) is 12.4 Å². The van der Waals surface area contributed by atoms with Crippen molar-refractivity contribution < 1.29 is 4.74 Å². The summed E-state index contributed by atoms with van der Waals surface area (Å²) in [5, 5.41) is 9.68. The van der Waals surface area contributed by atoms with Crippen LogP contribution in [0.3, 0.4) is 0 Å². The van der Waals surface area contributed by atoms with E-state index in [2.05, 4.69) is 10.2 Å². The number of hydrogen-bond acceptors (Lipinski definition) is 5. The molecular weight excluding hydrogens is 305 g/mol. The van der Waals surface area contributed by atoms with Gasteiger partial charge in [0.2, 0.25) is 5.13 Å². The molecule has 0 spiro atoms. The number of aromatic nitrogens is 2. The zero-order valence-corrected chi connectivity index (χ0v) is 11.4. The van der Waals surface area contributed by atoms with Crippen LogP contribution in [0.15, 0.2) is 12.1 Å². The SMILES string of the molecule is Nc1nnc(COc2cc(Cl)c(Cl)cc2Cl)s1. The van der Waals surface area contributed by atoms with Crippen LogP contribution in [-0.2, 0) is 6.61 Å². The minimum atomic E-state index is 0.229. The second-order valence-corrected chi connectivity index (χ2v) is 5.33. The first-order valence-corrected chi connectivity index (χ1v) is 6.36. The van der Waals surface area contributed by atoms with Gasteiger partial charge in [-0.25, -0.2) is 0 Å². The lowest BCUT2D eigenvalue weighted by Crippen LogP contribution is -1.95. The number of nitrogens with two attached hydrogens (primary N) is 1. The second kappa shape index (κ2) is 5.27. The first-order chi connectivity index (χ1) is 8.06. The van der Waals surface area contributed by atoms with E-state index < -0.39 is 0 Å². The van der Waals surface area contributed by atoms with E-state index in [1.165, 1.54) is 17.4 Å². The Morgan fingerprint density at radius 1 is 1.12 bits per heavy atom. The largest absolute Gasteiger partial charge is 0.485 e. The van der Waals surface area contributed by atoms with E-state index in [1.807, 2.05) is 0 Å². The molecule has 2 aromatic rings. The highest BCUT2D eigenvalue weighted by atomic mass is 35.5. The summed E-state index contributed by atoms with van der Waals surface area (Å²) >= 11 is 18.8. The van der Waals surface area contributed by atoms with Crippen molar-refractivity contribution in [2.75, 3.05) is 5.73 Å². The van der Waals surface area contributed by atoms with Crippen LogP contribution < -0.4 is 10.5 Å². The van der Waals surface area contributed by atoms with E-state index >= 15 is 0 Å². The molecule has 0 aliphatic heterocycles. The highest BCUT2D eigenvalue weighted by Crippen LogP contribution is 2.34. The average molecular weight is 311 g/mol. The minimum Gasteiger partial charge on any atom is -0.485 e. The Labute approximate surface area is 116 Å². The first kappa shape index (κ1) is 12.7. The number of nitrogens with zero attached hydrogens (tertiary/aromatic N) is 2. The van der Waals surface area contributed by atoms with E-state index in [-0.39, 0.29) is 6.61 Å². The Morgan fingerprint density at radius 3 is 2.47 bits per heavy atom. The minimum absolute atomic E-state index is 0.229. The van der Waals surface area contributed by atoms with Gasteiger partial charge in [-0.05, 0) is 6.07 Å².